The Bertz CT molecular complexity index is 880. The number of amides is 1. The van der Waals surface area contributed by atoms with E-state index >= 15 is 0 Å². The minimum atomic E-state index is -3.73. The molecule has 0 unspecified atom stereocenters. The number of hydrogen-bond donors (Lipinski definition) is 1. The highest BCUT2D eigenvalue weighted by Gasteiger charge is 2.22. The first-order valence-electron chi connectivity index (χ1n) is 7.39. The number of hydrogen-bond acceptors (Lipinski definition) is 4. The third kappa shape index (κ3) is 5.38. The third-order valence-corrected chi connectivity index (χ3v) is 5.40. The van der Waals surface area contributed by atoms with Crippen LogP contribution in [0.15, 0.2) is 58.5 Å². The summed E-state index contributed by atoms with van der Waals surface area (Å²) in [5.41, 5.74) is 3.97. The van der Waals surface area contributed by atoms with Crippen LogP contribution >= 0.6 is 11.6 Å². The summed E-state index contributed by atoms with van der Waals surface area (Å²) in [5, 5.41) is 4.35. The first kappa shape index (κ1) is 19.1. The Morgan fingerprint density at radius 3 is 2.56 bits per heavy atom. The fourth-order valence-corrected chi connectivity index (χ4v) is 3.30. The van der Waals surface area contributed by atoms with Gasteiger partial charge in [-0.05, 0) is 36.8 Å². The Morgan fingerprint density at radius 2 is 1.92 bits per heavy atom. The first-order valence-corrected chi connectivity index (χ1v) is 9.21. The molecule has 1 N–H and O–H groups in total. The lowest BCUT2D eigenvalue weighted by atomic mass is 10.2. The van der Waals surface area contributed by atoms with Crippen molar-refractivity contribution >= 4 is 33.7 Å². The second-order valence-corrected chi connectivity index (χ2v) is 7.90. The van der Waals surface area contributed by atoms with Gasteiger partial charge >= 0.3 is 0 Å². The van der Waals surface area contributed by atoms with E-state index in [1.807, 2.05) is 6.92 Å². The monoisotopic (exact) mass is 379 g/mol. The van der Waals surface area contributed by atoms with Crippen LogP contribution in [0.1, 0.15) is 11.1 Å². The molecule has 2 aromatic rings. The largest absolute Gasteiger partial charge is 0.272 e. The fraction of sp³-hybridized carbons (Fsp3) is 0.176. The van der Waals surface area contributed by atoms with Crippen LogP contribution in [0.25, 0.3) is 0 Å². The predicted octanol–water partition coefficient (Wildman–Crippen LogP) is 2.42. The van der Waals surface area contributed by atoms with Gasteiger partial charge in [0.15, 0.2) is 0 Å². The van der Waals surface area contributed by atoms with E-state index in [-0.39, 0.29) is 11.4 Å². The average Bonchev–Trinajstić information content (AvgIpc) is 2.55. The first-order chi connectivity index (χ1) is 11.8. The van der Waals surface area contributed by atoms with E-state index in [2.05, 4.69) is 10.5 Å². The zero-order valence-electron chi connectivity index (χ0n) is 13.8. The van der Waals surface area contributed by atoms with Gasteiger partial charge in [-0.2, -0.15) is 9.41 Å². The van der Waals surface area contributed by atoms with Crippen LogP contribution in [0.5, 0.6) is 0 Å². The molecule has 0 atom stereocenters. The standard InChI is InChI=1S/C17H18ClN3O3S/c1-13-6-8-16(9-7-13)25(23,24)21(2)12-17(22)20-19-11-14-4-3-5-15(18)10-14/h3-11H,12H2,1-2H3,(H,20,22)/b19-11+. The van der Waals surface area contributed by atoms with Gasteiger partial charge < -0.3 is 0 Å². The summed E-state index contributed by atoms with van der Waals surface area (Å²) >= 11 is 5.85. The molecule has 132 valence electrons. The number of aryl methyl sites for hydroxylation is 1. The molecule has 0 aromatic heterocycles. The highest BCUT2D eigenvalue weighted by atomic mass is 35.5. The van der Waals surface area contributed by atoms with Crippen molar-refractivity contribution in [3.8, 4) is 0 Å². The normalized spacial score (nSPS) is 11.8. The van der Waals surface area contributed by atoms with E-state index in [0.717, 1.165) is 9.87 Å². The molecule has 0 aliphatic carbocycles. The summed E-state index contributed by atoms with van der Waals surface area (Å²) in [4.78, 5) is 12.0. The van der Waals surface area contributed by atoms with Gasteiger partial charge in [0, 0.05) is 12.1 Å². The molecular weight excluding hydrogens is 362 g/mol. The van der Waals surface area contributed by atoms with Gasteiger partial charge in [0.05, 0.1) is 17.7 Å². The van der Waals surface area contributed by atoms with Crippen LogP contribution < -0.4 is 5.43 Å². The summed E-state index contributed by atoms with van der Waals surface area (Å²) in [7, 11) is -2.39. The van der Waals surface area contributed by atoms with Crippen molar-refractivity contribution in [1.82, 2.24) is 9.73 Å². The molecule has 6 nitrogen and oxygen atoms in total. The van der Waals surface area contributed by atoms with E-state index in [9.17, 15) is 13.2 Å². The number of carbonyl (C=O) groups excluding carboxylic acids is 1. The summed E-state index contributed by atoms with van der Waals surface area (Å²) in [6.45, 7) is 1.52. The Balaban J connectivity index is 1.96. The van der Waals surface area contributed by atoms with Crippen molar-refractivity contribution in [2.75, 3.05) is 13.6 Å². The van der Waals surface area contributed by atoms with E-state index < -0.39 is 15.9 Å². The Labute approximate surface area is 152 Å². The average molecular weight is 380 g/mol. The summed E-state index contributed by atoms with van der Waals surface area (Å²) in [5.74, 6) is -0.545. The van der Waals surface area contributed by atoms with Gasteiger partial charge in [-0.25, -0.2) is 13.8 Å². The molecule has 0 heterocycles. The number of hydrazone groups is 1. The minimum Gasteiger partial charge on any atom is -0.272 e. The van der Waals surface area contributed by atoms with Crippen molar-refractivity contribution in [3.63, 3.8) is 0 Å². The Morgan fingerprint density at radius 1 is 1.24 bits per heavy atom. The molecule has 8 heteroatoms. The summed E-state index contributed by atoms with van der Waals surface area (Å²) < 4.78 is 25.8. The molecule has 2 aromatic carbocycles. The molecule has 0 spiro atoms. The summed E-state index contributed by atoms with van der Waals surface area (Å²) in [6, 6.07) is 13.4. The van der Waals surface area contributed by atoms with E-state index in [1.165, 1.54) is 25.4 Å². The van der Waals surface area contributed by atoms with Gasteiger partial charge in [-0.15, -0.1) is 0 Å². The number of halogens is 1. The number of nitrogens with one attached hydrogen (secondary N) is 1. The van der Waals surface area contributed by atoms with Crippen molar-refractivity contribution in [3.05, 3.63) is 64.7 Å². The lowest BCUT2D eigenvalue weighted by Gasteiger charge is -2.16. The van der Waals surface area contributed by atoms with Gasteiger partial charge in [-0.1, -0.05) is 41.4 Å². The molecule has 1 amide bonds. The number of sulfonamides is 1. The Hall–Kier alpha value is -2.22. The molecule has 0 aliphatic rings. The van der Waals surface area contributed by atoms with Gasteiger partial charge in [0.1, 0.15) is 0 Å². The molecular formula is C17H18ClN3O3S. The van der Waals surface area contributed by atoms with Gasteiger partial charge in [-0.3, -0.25) is 4.79 Å². The number of nitrogens with zero attached hydrogens (tertiary/aromatic N) is 2. The van der Waals surface area contributed by atoms with Crippen molar-refractivity contribution < 1.29 is 13.2 Å². The lowest BCUT2D eigenvalue weighted by molar-refractivity contribution is -0.121. The van der Waals surface area contributed by atoms with Gasteiger partial charge in [0.25, 0.3) is 5.91 Å². The zero-order chi connectivity index (χ0) is 18.4. The quantitative estimate of drug-likeness (QED) is 0.618. The molecule has 0 fully saturated rings. The van der Waals surface area contributed by atoms with Crippen molar-refractivity contribution in [1.29, 1.82) is 0 Å². The highest BCUT2D eigenvalue weighted by molar-refractivity contribution is 7.89. The SMILES string of the molecule is Cc1ccc(S(=O)(=O)N(C)CC(=O)N/N=C/c2cccc(Cl)c2)cc1. The number of benzene rings is 2. The second-order valence-electron chi connectivity index (χ2n) is 5.42. The van der Waals surface area contributed by atoms with E-state index in [1.54, 1.807) is 36.4 Å². The van der Waals surface area contributed by atoms with E-state index in [0.29, 0.717) is 10.6 Å². The fourth-order valence-electron chi connectivity index (χ4n) is 1.98. The smallest absolute Gasteiger partial charge is 0.255 e. The lowest BCUT2D eigenvalue weighted by Crippen LogP contribution is -2.36. The van der Waals surface area contributed by atoms with Crippen LogP contribution in [-0.2, 0) is 14.8 Å². The zero-order valence-corrected chi connectivity index (χ0v) is 15.4. The number of rotatable bonds is 6. The van der Waals surface area contributed by atoms with Crippen LogP contribution in [0.2, 0.25) is 5.02 Å². The van der Waals surface area contributed by atoms with Crippen molar-refractivity contribution in [2.24, 2.45) is 5.10 Å². The van der Waals surface area contributed by atoms with Crippen LogP contribution in [-0.4, -0.2) is 38.4 Å². The molecule has 0 radical (unpaired) electrons. The molecule has 0 saturated heterocycles. The molecule has 0 saturated carbocycles. The maximum Gasteiger partial charge on any atom is 0.255 e. The maximum atomic E-state index is 12.4. The van der Waals surface area contributed by atoms with Gasteiger partial charge in [0.2, 0.25) is 10.0 Å². The van der Waals surface area contributed by atoms with Crippen LogP contribution in [0, 0.1) is 6.92 Å². The van der Waals surface area contributed by atoms with Crippen LogP contribution in [0.3, 0.4) is 0 Å². The van der Waals surface area contributed by atoms with E-state index in [4.69, 9.17) is 11.6 Å². The highest BCUT2D eigenvalue weighted by Crippen LogP contribution is 2.14. The van der Waals surface area contributed by atoms with Crippen LogP contribution in [0.4, 0.5) is 0 Å². The third-order valence-electron chi connectivity index (χ3n) is 3.35. The number of likely N-dealkylation sites (N-methyl/N-ethyl adjacent to an activating group) is 1. The number of carbonyl (C=O) groups is 1. The molecule has 2 rings (SSSR count). The molecule has 0 aliphatic heterocycles. The minimum absolute atomic E-state index is 0.135. The Kier molecular flexibility index (Phi) is 6.30. The summed E-state index contributed by atoms with van der Waals surface area (Å²) in [6.07, 6.45) is 1.43. The van der Waals surface area contributed by atoms with Crippen molar-refractivity contribution in [2.45, 2.75) is 11.8 Å². The molecule has 25 heavy (non-hydrogen) atoms. The topological polar surface area (TPSA) is 78.8 Å². The molecule has 0 bridgehead atoms. The predicted molar refractivity (Wildman–Crippen MR) is 98.2 cm³/mol. The maximum absolute atomic E-state index is 12.4. The second kappa shape index (κ2) is 8.24.